The quantitative estimate of drug-likeness (QED) is 0.770. The Balaban J connectivity index is 1.70. The summed E-state index contributed by atoms with van der Waals surface area (Å²) in [4.78, 5) is 38.3. The topological polar surface area (TPSA) is 86.7 Å². The van der Waals surface area contributed by atoms with Crippen molar-refractivity contribution in [2.45, 2.75) is 58.5 Å². The van der Waals surface area contributed by atoms with Crippen LogP contribution in [0.15, 0.2) is 0 Å². The van der Waals surface area contributed by atoms with Gasteiger partial charge in [-0.3, -0.25) is 9.59 Å². The first-order valence-corrected chi connectivity index (χ1v) is 9.08. The number of carbonyl (C=O) groups is 3. The van der Waals surface area contributed by atoms with Gasteiger partial charge >= 0.3 is 5.97 Å². The third-order valence-corrected chi connectivity index (χ3v) is 6.44. The van der Waals surface area contributed by atoms with E-state index in [1.165, 1.54) is 4.90 Å². The number of nitrogens with one attached hydrogen (secondary N) is 1. The first-order valence-electron chi connectivity index (χ1n) is 9.08. The number of alkyl halides is 2. The maximum Gasteiger partial charge on any atom is 0.326 e. The second-order valence-electron chi connectivity index (χ2n) is 8.92. The molecule has 0 bridgehead atoms. The Kier molecular flexibility index (Phi) is 4.31. The van der Waals surface area contributed by atoms with Gasteiger partial charge in [0, 0.05) is 31.2 Å². The van der Waals surface area contributed by atoms with Crippen molar-refractivity contribution in [3.8, 4) is 0 Å². The van der Waals surface area contributed by atoms with E-state index in [9.17, 15) is 28.3 Å². The zero-order valence-corrected chi connectivity index (χ0v) is 15.5. The average molecular weight is 372 g/mol. The molecule has 2 amide bonds. The molecule has 2 saturated carbocycles. The predicted octanol–water partition coefficient (Wildman–Crippen LogP) is 1.74. The molecule has 6 nitrogen and oxygen atoms in total. The lowest BCUT2D eigenvalue weighted by Crippen LogP contribution is -2.57. The Bertz CT molecular complexity index is 641. The molecule has 1 aliphatic heterocycles. The number of piperidine rings is 1. The fourth-order valence-corrected chi connectivity index (χ4v) is 4.61. The highest BCUT2D eigenvalue weighted by Crippen LogP contribution is 2.64. The summed E-state index contributed by atoms with van der Waals surface area (Å²) in [6.07, 6.45) is -1.00. The second-order valence-corrected chi connectivity index (χ2v) is 8.92. The number of aliphatic carboxylic acids is 1. The van der Waals surface area contributed by atoms with Gasteiger partial charge in [-0.2, -0.15) is 0 Å². The highest BCUT2D eigenvalue weighted by Gasteiger charge is 2.69. The number of nitrogens with zero attached hydrogens (tertiary/aromatic N) is 1. The van der Waals surface area contributed by atoms with Gasteiger partial charge in [0.2, 0.25) is 17.7 Å². The number of amides is 2. The molecule has 0 aromatic rings. The number of likely N-dealkylation sites (tertiary alicyclic amines) is 1. The minimum Gasteiger partial charge on any atom is -0.480 e. The summed E-state index contributed by atoms with van der Waals surface area (Å²) < 4.78 is 26.0. The molecule has 4 atom stereocenters. The molecule has 3 aliphatic rings. The summed E-state index contributed by atoms with van der Waals surface area (Å²) in [6.45, 7) is 7.84. The zero-order valence-electron chi connectivity index (χ0n) is 15.5. The van der Waals surface area contributed by atoms with Crippen LogP contribution in [0.3, 0.4) is 0 Å². The van der Waals surface area contributed by atoms with Crippen molar-refractivity contribution in [1.29, 1.82) is 0 Å². The van der Waals surface area contributed by atoms with E-state index in [-0.39, 0.29) is 23.2 Å². The number of hydrogen-bond acceptors (Lipinski definition) is 3. The highest BCUT2D eigenvalue weighted by molar-refractivity contribution is 5.92. The van der Waals surface area contributed by atoms with Gasteiger partial charge in [0.25, 0.3) is 0 Å². The second kappa shape index (κ2) is 5.89. The Morgan fingerprint density at radius 2 is 1.77 bits per heavy atom. The van der Waals surface area contributed by atoms with Crippen molar-refractivity contribution in [2.24, 2.45) is 29.1 Å². The number of carbonyl (C=O) groups excluding carboxylic acids is 2. The lowest BCUT2D eigenvalue weighted by atomic mass is 9.80. The van der Waals surface area contributed by atoms with E-state index in [0.29, 0.717) is 6.54 Å². The average Bonchev–Trinajstić information content (AvgIpc) is 2.85. The summed E-state index contributed by atoms with van der Waals surface area (Å²) in [5.41, 5.74) is -0.103. The van der Waals surface area contributed by atoms with Crippen LogP contribution in [-0.4, -0.2) is 52.3 Å². The molecule has 2 aliphatic carbocycles. The van der Waals surface area contributed by atoms with E-state index in [1.807, 2.05) is 13.8 Å². The third kappa shape index (κ3) is 2.97. The largest absolute Gasteiger partial charge is 0.480 e. The van der Waals surface area contributed by atoms with Crippen molar-refractivity contribution in [3.63, 3.8) is 0 Å². The van der Waals surface area contributed by atoms with Crippen LogP contribution < -0.4 is 5.32 Å². The van der Waals surface area contributed by atoms with Crippen molar-refractivity contribution in [2.75, 3.05) is 6.54 Å². The van der Waals surface area contributed by atoms with Crippen molar-refractivity contribution in [3.05, 3.63) is 0 Å². The monoisotopic (exact) mass is 372 g/mol. The predicted molar refractivity (Wildman–Crippen MR) is 88.3 cm³/mol. The van der Waals surface area contributed by atoms with Crippen LogP contribution in [0.25, 0.3) is 0 Å². The highest BCUT2D eigenvalue weighted by atomic mass is 19.3. The number of hydrogen-bond donors (Lipinski definition) is 2. The van der Waals surface area contributed by atoms with Crippen LogP contribution in [0.5, 0.6) is 0 Å². The normalized spacial score (nSPS) is 32.6. The number of carboxylic acid groups (broad SMARTS) is 1. The molecular formula is C18H26F2N2O4. The SMILES string of the molecule is CC(C)[C@H](NC(=O)C1CC(F)(F)C1)C(=O)N1C[C@H]2[C@@H]([C@H]1C(=O)O)C2(C)C. The van der Waals surface area contributed by atoms with Crippen LogP contribution in [0.1, 0.15) is 40.5 Å². The van der Waals surface area contributed by atoms with Crippen LogP contribution in [0.2, 0.25) is 0 Å². The van der Waals surface area contributed by atoms with Gasteiger partial charge in [-0.25, -0.2) is 13.6 Å². The van der Waals surface area contributed by atoms with Crippen LogP contribution in [0, 0.1) is 29.1 Å². The maximum absolute atomic E-state index is 13.0. The summed E-state index contributed by atoms with van der Waals surface area (Å²) in [5.74, 6) is -5.85. The minimum absolute atomic E-state index is 0.0854. The van der Waals surface area contributed by atoms with Crippen molar-refractivity contribution < 1.29 is 28.3 Å². The molecule has 0 unspecified atom stereocenters. The van der Waals surface area contributed by atoms with E-state index in [2.05, 4.69) is 5.32 Å². The van der Waals surface area contributed by atoms with Crippen molar-refractivity contribution in [1.82, 2.24) is 10.2 Å². The molecule has 1 heterocycles. The number of fused-ring (bicyclic) bond motifs is 1. The molecule has 146 valence electrons. The molecule has 26 heavy (non-hydrogen) atoms. The van der Waals surface area contributed by atoms with E-state index in [0.717, 1.165) is 0 Å². The van der Waals surface area contributed by atoms with Gasteiger partial charge in [0.05, 0.1) is 0 Å². The smallest absolute Gasteiger partial charge is 0.326 e. The summed E-state index contributed by atoms with van der Waals surface area (Å²) in [7, 11) is 0. The summed E-state index contributed by atoms with van der Waals surface area (Å²) in [6, 6.07) is -1.80. The van der Waals surface area contributed by atoms with Gasteiger partial charge in [-0.1, -0.05) is 27.7 Å². The number of halogens is 2. The molecule has 0 aromatic carbocycles. The maximum atomic E-state index is 13.0. The lowest BCUT2D eigenvalue weighted by molar-refractivity contribution is -0.155. The first-order chi connectivity index (χ1) is 11.9. The summed E-state index contributed by atoms with van der Waals surface area (Å²) in [5, 5.41) is 12.2. The van der Waals surface area contributed by atoms with Gasteiger partial charge < -0.3 is 15.3 Å². The molecule has 0 aromatic heterocycles. The molecule has 0 radical (unpaired) electrons. The molecule has 1 saturated heterocycles. The zero-order chi connectivity index (χ0) is 19.6. The van der Waals surface area contributed by atoms with E-state index in [1.54, 1.807) is 13.8 Å². The first kappa shape index (κ1) is 19.0. The Morgan fingerprint density at radius 3 is 2.23 bits per heavy atom. The van der Waals surface area contributed by atoms with Gasteiger partial charge in [-0.15, -0.1) is 0 Å². The van der Waals surface area contributed by atoms with E-state index >= 15 is 0 Å². The fraction of sp³-hybridized carbons (Fsp3) is 0.833. The number of rotatable bonds is 5. The summed E-state index contributed by atoms with van der Waals surface area (Å²) >= 11 is 0. The molecule has 8 heteroatoms. The van der Waals surface area contributed by atoms with E-state index in [4.69, 9.17) is 0 Å². The van der Waals surface area contributed by atoms with E-state index < -0.39 is 54.5 Å². The molecule has 3 fully saturated rings. The van der Waals surface area contributed by atoms with Gasteiger partial charge in [0.1, 0.15) is 12.1 Å². The van der Waals surface area contributed by atoms with Crippen molar-refractivity contribution >= 4 is 17.8 Å². The lowest BCUT2D eigenvalue weighted by Gasteiger charge is -2.36. The van der Waals surface area contributed by atoms with Crippen LogP contribution >= 0.6 is 0 Å². The standard InChI is InChI=1S/C18H26F2N2O4/c1-8(2)12(21-14(23)9-5-18(19,20)6-9)15(24)22-7-10-11(17(10,3)4)13(22)16(25)26/h8-13H,5-7H2,1-4H3,(H,21,23)(H,25,26)/t10-,11-,12-,13-/m0/s1. The third-order valence-electron chi connectivity index (χ3n) is 6.44. The number of carboxylic acids is 1. The van der Waals surface area contributed by atoms with Gasteiger partial charge in [-0.05, 0) is 17.3 Å². The Morgan fingerprint density at radius 1 is 1.19 bits per heavy atom. The molecule has 0 spiro atoms. The van der Waals surface area contributed by atoms with Crippen LogP contribution in [0.4, 0.5) is 8.78 Å². The molecular weight excluding hydrogens is 346 g/mol. The van der Waals surface area contributed by atoms with Gasteiger partial charge in [0.15, 0.2) is 0 Å². The fourth-order valence-electron chi connectivity index (χ4n) is 4.61. The molecule has 3 rings (SSSR count). The minimum atomic E-state index is -2.81. The molecule has 2 N–H and O–H groups in total. The Labute approximate surface area is 151 Å². The van der Waals surface area contributed by atoms with Crippen LogP contribution in [-0.2, 0) is 14.4 Å². The Hall–Kier alpha value is -1.73.